The van der Waals surface area contributed by atoms with Crippen molar-refractivity contribution in [3.8, 4) is 0 Å². The number of thiophene rings is 1. The predicted octanol–water partition coefficient (Wildman–Crippen LogP) is 3.10. The average molecular weight is 252 g/mol. The molecule has 96 valence electrons. The lowest BCUT2D eigenvalue weighted by Gasteiger charge is -2.28. The van der Waals surface area contributed by atoms with E-state index >= 15 is 0 Å². The summed E-state index contributed by atoms with van der Waals surface area (Å²) in [4.78, 5) is 2.64. The molecule has 1 fully saturated rings. The van der Waals surface area contributed by atoms with Crippen molar-refractivity contribution in [3.63, 3.8) is 0 Å². The maximum Gasteiger partial charge on any atom is 0.0245 e. The number of nitrogens with one attached hydrogen (secondary N) is 1. The van der Waals surface area contributed by atoms with E-state index in [9.17, 15) is 0 Å². The third-order valence-corrected chi connectivity index (χ3v) is 4.41. The summed E-state index contributed by atoms with van der Waals surface area (Å²) in [5.74, 6) is 0. The zero-order chi connectivity index (χ0) is 12.1. The predicted molar refractivity (Wildman–Crippen MR) is 75.5 cm³/mol. The fourth-order valence-electron chi connectivity index (χ4n) is 2.59. The van der Waals surface area contributed by atoms with Gasteiger partial charge in [0.05, 0.1) is 0 Å². The van der Waals surface area contributed by atoms with Gasteiger partial charge in [-0.15, -0.1) is 0 Å². The molecule has 0 spiro atoms. The second kappa shape index (κ2) is 6.53. The van der Waals surface area contributed by atoms with E-state index in [2.05, 4.69) is 40.9 Å². The number of rotatable bonds is 4. The van der Waals surface area contributed by atoms with Crippen molar-refractivity contribution in [1.82, 2.24) is 10.2 Å². The second-order valence-corrected chi connectivity index (χ2v) is 5.92. The van der Waals surface area contributed by atoms with Crippen LogP contribution >= 0.6 is 11.3 Å². The molecule has 1 aliphatic rings. The van der Waals surface area contributed by atoms with E-state index in [0.29, 0.717) is 12.1 Å². The summed E-state index contributed by atoms with van der Waals surface area (Å²) in [7, 11) is 0. The Labute approximate surface area is 109 Å². The minimum Gasteiger partial charge on any atom is -0.313 e. The van der Waals surface area contributed by atoms with Crippen LogP contribution in [0, 0.1) is 0 Å². The van der Waals surface area contributed by atoms with E-state index in [1.165, 1.54) is 37.9 Å². The number of hydrogen-bond acceptors (Lipinski definition) is 3. The molecule has 2 atom stereocenters. The molecule has 1 N–H and O–H groups in total. The van der Waals surface area contributed by atoms with Gasteiger partial charge >= 0.3 is 0 Å². The molecular weight excluding hydrogens is 228 g/mol. The summed E-state index contributed by atoms with van der Waals surface area (Å²) < 4.78 is 0. The number of nitrogens with zero attached hydrogens (tertiary/aromatic N) is 1. The fourth-order valence-corrected chi connectivity index (χ4v) is 3.25. The molecule has 1 aromatic rings. The van der Waals surface area contributed by atoms with E-state index in [1.807, 2.05) is 0 Å². The van der Waals surface area contributed by atoms with Crippen LogP contribution in [-0.2, 0) is 6.54 Å². The molecule has 1 aromatic heterocycles. The summed E-state index contributed by atoms with van der Waals surface area (Å²) >= 11 is 1.80. The lowest BCUT2D eigenvalue weighted by Crippen LogP contribution is -2.39. The van der Waals surface area contributed by atoms with Gasteiger partial charge in [-0.1, -0.05) is 13.3 Å². The van der Waals surface area contributed by atoms with Gasteiger partial charge in [0.15, 0.2) is 0 Å². The van der Waals surface area contributed by atoms with Crippen LogP contribution in [0.1, 0.15) is 38.7 Å². The van der Waals surface area contributed by atoms with Gasteiger partial charge in [0.1, 0.15) is 0 Å². The van der Waals surface area contributed by atoms with Gasteiger partial charge in [-0.3, -0.25) is 4.90 Å². The molecule has 0 aromatic carbocycles. The zero-order valence-electron chi connectivity index (χ0n) is 11.0. The second-order valence-electron chi connectivity index (χ2n) is 5.14. The highest BCUT2D eigenvalue weighted by Crippen LogP contribution is 2.17. The van der Waals surface area contributed by atoms with Gasteiger partial charge in [-0.05, 0) is 48.7 Å². The molecule has 17 heavy (non-hydrogen) atoms. The fraction of sp³-hybridized carbons (Fsp3) is 0.714. The third kappa shape index (κ3) is 3.80. The highest BCUT2D eigenvalue weighted by atomic mass is 32.1. The van der Waals surface area contributed by atoms with Gasteiger partial charge in [-0.2, -0.15) is 11.3 Å². The Balaban J connectivity index is 1.96. The lowest BCUT2D eigenvalue weighted by atomic mass is 10.1. The summed E-state index contributed by atoms with van der Waals surface area (Å²) in [6.45, 7) is 8.13. The van der Waals surface area contributed by atoms with Gasteiger partial charge in [0.25, 0.3) is 0 Å². The first-order valence-electron chi connectivity index (χ1n) is 6.78. The van der Waals surface area contributed by atoms with Crippen molar-refractivity contribution >= 4 is 11.3 Å². The molecule has 2 rings (SSSR count). The van der Waals surface area contributed by atoms with Crippen molar-refractivity contribution in [2.75, 3.05) is 13.1 Å². The Morgan fingerprint density at radius 1 is 1.53 bits per heavy atom. The Morgan fingerprint density at radius 2 is 2.41 bits per heavy atom. The minimum absolute atomic E-state index is 0.684. The molecule has 2 nitrogen and oxygen atoms in total. The standard InChI is InChI=1S/C14H24N2S/c1-3-4-14-10-16(12(2)5-7-15-14)9-13-6-8-17-11-13/h6,8,11-12,14-15H,3-5,7,9-10H2,1-2H3. The highest BCUT2D eigenvalue weighted by Gasteiger charge is 2.22. The molecule has 0 aliphatic carbocycles. The van der Waals surface area contributed by atoms with Crippen LogP contribution in [0.25, 0.3) is 0 Å². The smallest absolute Gasteiger partial charge is 0.0245 e. The van der Waals surface area contributed by atoms with Gasteiger partial charge in [-0.25, -0.2) is 0 Å². The molecule has 3 heteroatoms. The van der Waals surface area contributed by atoms with Crippen LogP contribution in [0.4, 0.5) is 0 Å². The summed E-state index contributed by atoms with van der Waals surface area (Å²) in [5, 5.41) is 8.14. The Bertz CT molecular complexity index is 310. The number of hydrogen-bond donors (Lipinski definition) is 1. The largest absolute Gasteiger partial charge is 0.313 e. The van der Waals surface area contributed by atoms with Gasteiger partial charge < -0.3 is 5.32 Å². The molecule has 2 unspecified atom stereocenters. The van der Waals surface area contributed by atoms with Crippen molar-refractivity contribution < 1.29 is 0 Å². The summed E-state index contributed by atoms with van der Waals surface area (Å²) in [6, 6.07) is 3.64. The monoisotopic (exact) mass is 252 g/mol. The van der Waals surface area contributed by atoms with Crippen LogP contribution < -0.4 is 5.32 Å². The summed E-state index contributed by atoms with van der Waals surface area (Å²) in [6.07, 6.45) is 3.84. The first-order valence-corrected chi connectivity index (χ1v) is 7.72. The quantitative estimate of drug-likeness (QED) is 0.886. The minimum atomic E-state index is 0.684. The molecule has 0 saturated carbocycles. The van der Waals surface area contributed by atoms with Gasteiger partial charge in [0.2, 0.25) is 0 Å². The zero-order valence-corrected chi connectivity index (χ0v) is 11.8. The first-order chi connectivity index (χ1) is 8.29. The van der Waals surface area contributed by atoms with E-state index in [4.69, 9.17) is 0 Å². The van der Waals surface area contributed by atoms with Crippen LogP contribution in [0.5, 0.6) is 0 Å². The van der Waals surface area contributed by atoms with E-state index in [1.54, 1.807) is 11.3 Å². The SMILES string of the molecule is CCCC1CN(Cc2ccsc2)C(C)CCN1. The van der Waals surface area contributed by atoms with E-state index < -0.39 is 0 Å². The van der Waals surface area contributed by atoms with E-state index in [-0.39, 0.29) is 0 Å². The maximum atomic E-state index is 3.68. The maximum absolute atomic E-state index is 3.68. The van der Waals surface area contributed by atoms with Crippen molar-refractivity contribution in [3.05, 3.63) is 22.4 Å². The molecule has 2 heterocycles. The third-order valence-electron chi connectivity index (χ3n) is 3.68. The van der Waals surface area contributed by atoms with Crippen molar-refractivity contribution in [2.24, 2.45) is 0 Å². The molecule has 0 bridgehead atoms. The molecule has 1 saturated heterocycles. The Hall–Kier alpha value is -0.380. The molecule has 0 radical (unpaired) electrons. The first kappa shape index (κ1) is 13.1. The average Bonchev–Trinajstić information content (AvgIpc) is 2.74. The Kier molecular flexibility index (Phi) is 5.01. The van der Waals surface area contributed by atoms with Crippen LogP contribution in [0.2, 0.25) is 0 Å². The van der Waals surface area contributed by atoms with Crippen LogP contribution in [0.15, 0.2) is 16.8 Å². The van der Waals surface area contributed by atoms with Crippen molar-refractivity contribution in [2.45, 2.75) is 51.7 Å². The normalized spacial score (nSPS) is 26.9. The van der Waals surface area contributed by atoms with E-state index in [0.717, 1.165) is 6.54 Å². The summed E-state index contributed by atoms with van der Waals surface area (Å²) in [5.41, 5.74) is 1.47. The van der Waals surface area contributed by atoms with Crippen molar-refractivity contribution in [1.29, 1.82) is 0 Å². The molecule has 1 aliphatic heterocycles. The Morgan fingerprint density at radius 3 is 3.12 bits per heavy atom. The topological polar surface area (TPSA) is 15.3 Å². The molecule has 0 amide bonds. The van der Waals surface area contributed by atoms with Gasteiger partial charge in [0, 0.05) is 25.2 Å². The molecular formula is C14H24N2S. The van der Waals surface area contributed by atoms with Crippen LogP contribution in [-0.4, -0.2) is 30.1 Å². The highest BCUT2D eigenvalue weighted by molar-refractivity contribution is 7.07. The lowest BCUT2D eigenvalue weighted by molar-refractivity contribution is 0.193. The van der Waals surface area contributed by atoms with Crippen LogP contribution in [0.3, 0.4) is 0 Å².